The van der Waals surface area contributed by atoms with Gasteiger partial charge in [0.15, 0.2) is 5.78 Å². The number of ketones is 1. The first kappa shape index (κ1) is 12.8. The zero-order valence-electron chi connectivity index (χ0n) is 10.3. The average Bonchev–Trinajstić information content (AvgIpc) is 2.46. The molecule has 1 N–H and O–H groups in total. The van der Waals surface area contributed by atoms with E-state index in [2.05, 4.69) is 6.07 Å². The van der Waals surface area contributed by atoms with E-state index in [1.807, 2.05) is 30.3 Å². The monoisotopic (exact) mass is 251 g/mol. The van der Waals surface area contributed by atoms with Crippen molar-refractivity contribution in [2.45, 2.75) is 12.3 Å². The van der Waals surface area contributed by atoms with Crippen LogP contribution in [0.25, 0.3) is 0 Å². The van der Waals surface area contributed by atoms with Crippen molar-refractivity contribution in [3.63, 3.8) is 0 Å². The van der Waals surface area contributed by atoms with Gasteiger partial charge in [-0.05, 0) is 17.7 Å². The first-order valence-electron chi connectivity index (χ1n) is 5.98. The summed E-state index contributed by atoms with van der Waals surface area (Å²) >= 11 is 0. The number of nitriles is 1. The van der Waals surface area contributed by atoms with Crippen LogP contribution >= 0.6 is 0 Å². The number of benzene rings is 2. The first-order chi connectivity index (χ1) is 9.22. The highest BCUT2D eigenvalue weighted by Gasteiger charge is 2.18. The number of nitrogens with zero attached hydrogens (tertiary/aromatic N) is 1. The van der Waals surface area contributed by atoms with Gasteiger partial charge >= 0.3 is 0 Å². The minimum atomic E-state index is -0.492. The number of hydrogen-bond donors (Lipinski definition) is 1. The van der Waals surface area contributed by atoms with Crippen LogP contribution in [0.2, 0.25) is 0 Å². The second-order valence-corrected chi connectivity index (χ2v) is 4.24. The fourth-order valence-corrected chi connectivity index (χ4v) is 1.93. The van der Waals surface area contributed by atoms with Gasteiger partial charge in [-0.15, -0.1) is 0 Å². The standard InChI is InChI=1S/C16H13NO2/c17-11-13(12-6-2-1-3-7-12)10-16(19)14-8-4-5-9-15(14)18/h1-9,13,18H,10H2. The maximum Gasteiger partial charge on any atom is 0.168 e. The summed E-state index contributed by atoms with van der Waals surface area (Å²) < 4.78 is 0. The first-order valence-corrected chi connectivity index (χ1v) is 5.98. The molecule has 0 fully saturated rings. The fourth-order valence-electron chi connectivity index (χ4n) is 1.93. The highest BCUT2D eigenvalue weighted by molar-refractivity contribution is 5.99. The number of phenolic OH excluding ortho intramolecular Hbond substituents is 1. The maximum absolute atomic E-state index is 12.1. The van der Waals surface area contributed by atoms with Crippen molar-refractivity contribution in [2.75, 3.05) is 0 Å². The summed E-state index contributed by atoms with van der Waals surface area (Å²) in [4.78, 5) is 12.1. The Morgan fingerprint density at radius 2 is 1.74 bits per heavy atom. The molecule has 0 saturated heterocycles. The van der Waals surface area contributed by atoms with Gasteiger partial charge < -0.3 is 5.11 Å². The molecule has 19 heavy (non-hydrogen) atoms. The Kier molecular flexibility index (Phi) is 3.94. The van der Waals surface area contributed by atoms with Gasteiger partial charge in [0.05, 0.1) is 17.6 Å². The number of rotatable bonds is 4. The summed E-state index contributed by atoms with van der Waals surface area (Å²) in [5, 5.41) is 18.8. The molecule has 2 rings (SSSR count). The molecule has 0 aromatic heterocycles. The summed E-state index contributed by atoms with van der Waals surface area (Å²) in [6, 6.07) is 17.7. The Morgan fingerprint density at radius 1 is 1.11 bits per heavy atom. The van der Waals surface area contributed by atoms with Gasteiger partial charge in [0.2, 0.25) is 0 Å². The van der Waals surface area contributed by atoms with Crippen LogP contribution in [0.4, 0.5) is 0 Å². The van der Waals surface area contributed by atoms with E-state index in [1.165, 1.54) is 6.07 Å². The lowest BCUT2D eigenvalue weighted by Gasteiger charge is -2.09. The molecular formula is C16H13NO2. The van der Waals surface area contributed by atoms with Gasteiger partial charge in [-0.25, -0.2) is 0 Å². The van der Waals surface area contributed by atoms with Crippen LogP contribution in [0.3, 0.4) is 0 Å². The Hall–Kier alpha value is -2.60. The smallest absolute Gasteiger partial charge is 0.168 e. The lowest BCUT2D eigenvalue weighted by molar-refractivity contribution is 0.0976. The number of phenols is 1. The van der Waals surface area contributed by atoms with Crippen molar-refractivity contribution in [2.24, 2.45) is 0 Å². The van der Waals surface area contributed by atoms with Crippen LogP contribution in [0.5, 0.6) is 5.75 Å². The van der Waals surface area contributed by atoms with E-state index in [-0.39, 0.29) is 23.5 Å². The molecule has 1 atom stereocenters. The van der Waals surface area contributed by atoms with Crippen LogP contribution in [-0.2, 0) is 0 Å². The Morgan fingerprint density at radius 3 is 2.37 bits per heavy atom. The summed E-state index contributed by atoms with van der Waals surface area (Å²) in [6.07, 6.45) is 0.0675. The Balaban J connectivity index is 2.19. The van der Waals surface area contributed by atoms with Gasteiger partial charge in [-0.1, -0.05) is 42.5 Å². The normalized spacial score (nSPS) is 11.5. The van der Waals surface area contributed by atoms with Crippen molar-refractivity contribution in [3.05, 3.63) is 65.7 Å². The van der Waals surface area contributed by atoms with Crippen LogP contribution in [0.15, 0.2) is 54.6 Å². The van der Waals surface area contributed by atoms with Crippen LogP contribution in [0.1, 0.15) is 28.3 Å². The van der Waals surface area contributed by atoms with Gasteiger partial charge in [0.25, 0.3) is 0 Å². The van der Waals surface area contributed by atoms with Gasteiger partial charge in [-0.3, -0.25) is 4.79 Å². The van der Waals surface area contributed by atoms with Gasteiger partial charge in [0.1, 0.15) is 5.75 Å². The van der Waals surface area contributed by atoms with Crippen LogP contribution in [0, 0.1) is 11.3 Å². The Labute approximate surface area is 111 Å². The summed E-state index contributed by atoms with van der Waals surface area (Å²) in [7, 11) is 0. The molecule has 2 aromatic rings. The van der Waals surface area contributed by atoms with Crippen molar-refractivity contribution in [3.8, 4) is 11.8 Å². The molecular weight excluding hydrogens is 238 g/mol. The van der Waals surface area contributed by atoms with Gasteiger partial charge in [0, 0.05) is 6.42 Å². The SMILES string of the molecule is N#CC(CC(=O)c1ccccc1O)c1ccccc1. The molecule has 0 aliphatic heterocycles. The van der Waals surface area contributed by atoms with E-state index in [0.29, 0.717) is 0 Å². The molecule has 0 radical (unpaired) electrons. The van der Waals surface area contributed by atoms with E-state index < -0.39 is 5.92 Å². The number of carbonyl (C=O) groups is 1. The molecule has 0 aliphatic carbocycles. The molecule has 94 valence electrons. The fraction of sp³-hybridized carbons (Fsp3) is 0.125. The second kappa shape index (κ2) is 5.83. The molecule has 0 spiro atoms. The molecule has 0 aliphatic rings. The highest BCUT2D eigenvalue weighted by Crippen LogP contribution is 2.24. The zero-order valence-corrected chi connectivity index (χ0v) is 10.3. The van der Waals surface area contributed by atoms with Crippen molar-refractivity contribution >= 4 is 5.78 Å². The number of carbonyl (C=O) groups excluding carboxylic acids is 1. The minimum Gasteiger partial charge on any atom is -0.507 e. The Bertz CT molecular complexity index is 614. The van der Waals surface area contributed by atoms with Crippen LogP contribution < -0.4 is 0 Å². The maximum atomic E-state index is 12.1. The molecule has 2 aromatic carbocycles. The number of aromatic hydroxyl groups is 1. The minimum absolute atomic E-state index is 0.0442. The number of hydrogen-bond acceptors (Lipinski definition) is 3. The van der Waals surface area contributed by atoms with Crippen LogP contribution in [-0.4, -0.2) is 10.9 Å². The zero-order chi connectivity index (χ0) is 13.7. The summed E-state index contributed by atoms with van der Waals surface area (Å²) in [6.45, 7) is 0. The molecule has 0 amide bonds. The second-order valence-electron chi connectivity index (χ2n) is 4.24. The van der Waals surface area contributed by atoms with Gasteiger partial charge in [-0.2, -0.15) is 5.26 Å². The van der Waals surface area contributed by atoms with E-state index in [9.17, 15) is 15.2 Å². The average molecular weight is 251 g/mol. The predicted molar refractivity (Wildman–Crippen MR) is 71.9 cm³/mol. The lowest BCUT2D eigenvalue weighted by atomic mass is 9.92. The van der Waals surface area contributed by atoms with E-state index >= 15 is 0 Å². The molecule has 1 unspecified atom stereocenters. The van der Waals surface area contributed by atoms with E-state index in [4.69, 9.17) is 0 Å². The van der Waals surface area contributed by atoms with Crippen molar-refractivity contribution < 1.29 is 9.90 Å². The summed E-state index contributed by atoms with van der Waals surface area (Å²) in [5.74, 6) is -0.765. The third-order valence-corrected chi connectivity index (χ3v) is 2.95. The molecule has 0 bridgehead atoms. The molecule has 0 heterocycles. The molecule has 0 saturated carbocycles. The van der Waals surface area contributed by atoms with E-state index in [1.54, 1.807) is 18.2 Å². The largest absolute Gasteiger partial charge is 0.507 e. The third-order valence-electron chi connectivity index (χ3n) is 2.95. The lowest BCUT2D eigenvalue weighted by Crippen LogP contribution is -2.06. The number of para-hydroxylation sites is 1. The topological polar surface area (TPSA) is 61.1 Å². The molecule has 3 heteroatoms. The highest BCUT2D eigenvalue weighted by atomic mass is 16.3. The summed E-state index contributed by atoms with van der Waals surface area (Å²) in [5.41, 5.74) is 1.08. The quantitative estimate of drug-likeness (QED) is 0.848. The number of Topliss-reactive ketones (excluding diaryl/α,β-unsaturated/α-hetero) is 1. The molecule has 3 nitrogen and oxygen atoms in total. The predicted octanol–water partition coefficient (Wildman–Crippen LogP) is 3.27. The van der Waals surface area contributed by atoms with Crippen molar-refractivity contribution in [1.82, 2.24) is 0 Å². The third kappa shape index (κ3) is 2.99. The van der Waals surface area contributed by atoms with Crippen molar-refractivity contribution in [1.29, 1.82) is 5.26 Å². The van der Waals surface area contributed by atoms with E-state index in [0.717, 1.165) is 5.56 Å².